The predicted octanol–water partition coefficient (Wildman–Crippen LogP) is 5.85. The Bertz CT molecular complexity index is 851. The number of hydrogen-bond donors (Lipinski definition) is 1. The van der Waals surface area contributed by atoms with Crippen molar-refractivity contribution in [1.29, 1.82) is 0 Å². The zero-order valence-corrected chi connectivity index (χ0v) is 20.0. The molecule has 4 heteroatoms. The average Bonchev–Trinajstić information content (AvgIpc) is 3.10. The van der Waals surface area contributed by atoms with Crippen molar-refractivity contribution in [1.82, 2.24) is 0 Å². The van der Waals surface area contributed by atoms with Crippen molar-refractivity contribution >= 4 is 11.5 Å². The zero-order chi connectivity index (χ0) is 22.7. The molecule has 32 heavy (non-hydrogen) atoms. The number of carbonyl (C=O) groups excluding carboxylic acids is 1. The van der Waals surface area contributed by atoms with Crippen LogP contribution in [0.15, 0.2) is 24.3 Å². The largest absolute Gasteiger partial charge is 0.390 e. The van der Waals surface area contributed by atoms with Gasteiger partial charge in [0.1, 0.15) is 5.82 Å². The van der Waals surface area contributed by atoms with Gasteiger partial charge in [-0.15, -0.1) is 0 Å². The third-order valence-corrected chi connectivity index (χ3v) is 10.3. The van der Waals surface area contributed by atoms with E-state index >= 15 is 0 Å². The molecule has 4 aliphatic rings. The van der Waals surface area contributed by atoms with Crippen LogP contribution in [0.3, 0.4) is 0 Å². The summed E-state index contributed by atoms with van der Waals surface area (Å²) in [5.41, 5.74) is 0.572. The van der Waals surface area contributed by atoms with Crippen LogP contribution in [-0.2, 0) is 4.79 Å². The first-order valence-corrected chi connectivity index (χ1v) is 12.9. The van der Waals surface area contributed by atoms with Crippen molar-refractivity contribution in [2.45, 2.75) is 77.2 Å². The van der Waals surface area contributed by atoms with Crippen LogP contribution in [0, 0.1) is 46.7 Å². The second-order valence-electron chi connectivity index (χ2n) is 12.1. The normalized spacial score (nSPS) is 43.2. The minimum Gasteiger partial charge on any atom is -0.390 e. The standard InChI is InChI=1S/C28H40FNO2/c1-27(32)14-12-21-18(16-27)4-9-23-22(21)13-15-28(2)24(23)10-11-25(28)26(31)17-30(3)20-7-5-19(29)6-8-20/h5-8,18,21-25,32H,4,9-17H2,1-3H3/t18-,21+,22-,23-,24+,25-,27-,28+/m1/s1. The predicted molar refractivity (Wildman–Crippen MR) is 126 cm³/mol. The van der Waals surface area contributed by atoms with E-state index in [9.17, 15) is 14.3 Å². The molecule has 4 aliphatic carbocycles. The minimum absolute atomic E-state index is 0.134. The van der Waals surface area contributed by atoms with Crippen LogP contribution in [-0.4, -0.2) is 30.1 Å². The van der Waals surface area contributed by atoms with Crippen LogP contribution in [0.4, 0.5) is 10.1 Å². The number of benzene rings is 1. The summed E-state index contributed by atoms with van der Waals surface area (Å²) in [6.45, 7) is 4.86. The molecule has 176 valence electrons. The number of Topliss-reactive ketones (excluding diaryl/α,β-unsaturated/α-hetero) is 1. The number of halogens is 1. The lowest BCUT2D eigenvalue weighted by Gasteiger charge is -2.56. The summed E-state index contributed by atoms with van der Waals surface area (Å²) in [4.78, 5) is 15.4. The second kappa shape index (κ2) is 8.11. The van der Waals surface area contributed by atoms with Gasteiger partial charge >= 0.3 is 0 Å². The van der Waals surface area contributed by atoms with E-state index in [2.05, 4.69) is 6.92 Å². The van der Waals surface area contributed by atoms with Gasteiger partial charge in [0.05, 0.1) is 12.1 Å². The second-order valence-corrected chi connectivity index (χ2v) is 12.1. The Hall–Kier alpha value is -1.42. The van der Waals surface area contributed by atoms with Gasteiger partial charge in [-0.2, -0.15) is 0 Å². The molecule has 3 nitrogen and oxygen atoms in total. The van der Waals surface area contributed by atoms with Gasteiger partial charge < -0.3 is 10.0 Å². The van der Waals surface area contributed by atoms with Gasteiger partial charge in [0, 0.05) is 18.7 Å². The molecule has 4 fully saturated rings. The molecule has 0 radical (unpaired) electrons. The van der Waals surface area contributed by atoms with Gasteiger partial charge in [-0.05, 0) is 124 Å². The Kier molecular flexibility index (Phi) is 5.67. The van der Waals surface area contributed by atoms with Crippen molar-refractivity contribution < 1.29 is 14.3 Å². The number of nitrogens with zero attached hydrogens (tertiary/aromatic N) is 1. The molecular weight excluding hydrogens is 401 g/mol. The Morgan fingerprint density at radius 1 is 1.00 bits per heavy atom. The monoisotopic (exact) mass is 441 g/mol. The Morgan fingerprint density at radius 2 is 1.72 bits per heavy atom. The fraction of sp³-hybridized carbons (Fsp3) is 0.750. The molecule has 0 unspecified atom stereocenters. The molecule has 1 N–H and O–H groups in total. The molecule has 8 atom stereocenters. The van der Waals surface area contributed by atoms with Gasteiger partial charge in [0.25, 0.3) is 0 Å². The third-order valence-electron chi connectivity index (χ3n) is 10.3. The van der Waals surface area contributed by atoms with E-state index in [0.29, 0.717) is 24.2 Å². The number of rotatable bonds is 4. The summed E-state index contributed by atoms with van der Waals surface area (Å²) >= 11 is 0. The van der Waals surface area contributed by atoms with Gasteiger partial charge in [-0.3, -0.25) is 4.79 Å². The van der Waals surface area contributed by atoms with Crippen molar-refractivity contribution in [2.24, 2.45) is 40.9 Å². The molecule has 1 aromatic carbocycles. The fourth-order valence-electron chi connectivity index (χ4n) is 8.74. The lowest BCUT2D eigenvalue weighted by Crippen LogP contribution is -2.51. The van der Waals surface area contributed by atoms with E-state index < -0.39 is 5.60 Å². The number of likely N-dealkylation sites (N-methyl/N-ethyl adjacent to an activating group) is 1. The number of hydrogen-bond acceptors (Lipinski definition) is 3. The van der Waals surface area contributed by atoms with Gasteiger partial charge in [0.15, 0.2) is 5.78 Å². The lowest BCUT2D eigenvalue weighted by molar-refractivity contribution is -0.131. The Morgan fingerprint density at radius 3 is 2.47 bits per heavy atom. The van der Waals surface area contributed by atoms with Crippen molar-refractivity contribution in [2.75, 3.05) is 18.5 Å². The first-order valence-electron chi connectivity index (χ1n) is 12.9. The third kappa shape index (κ3) is 3.81. The molecule has 0 aromatic heterocycles. The van der Waals surface area contributed by atoms with Crippen LogP contribution >= 0.6 is 0 Å². The van der Waals surface area contributed by atoms with Gasteiger partial charge in [-0.1, -0.05) is 6.92 Å². The highest BCUT2D eigenvalue weighted by molar-refractivity contribution is 5.86. The highest BCUT2D eigenvalue weighted by Crippen LogP contribution is 2.64. The van der Waals surface area contributed by atoms with Crippen LogP contribution in [0.2, 0.25) is 0 Å². The number of ketones is 1. The maximum atomic E-state index is 13.5. The first-order chi connectivity index (χ1) is 15.2. The Labute approximate surface area is 192 Å². The molecule has 5 rings (SSSR count). The maximum absolute atomic E-state index is 13.5. The summed E-state index contributed by atoms with van der Waals surface area (Å²) in [7, 11) is 1.94. The quantitative estimate of drug-likeness (QED) is 0.637. The van der Waals surface area contributed by atoms with Crippen molar-refractivity contribution in [3.63, 3.8) is 0 Å². The molecular formula is C28H40FNO2. The molecule has 0 amide bonds. The summed E-state index contributed by atoms with van der Waals surface area (Å²) in [5, 5.41) is 10.6. The van der Waals surface area contributed by atoms with E-state index in [1.807, 2.05) is 18.9 Å². The van der Waals surface area contributed by atoms with Gasteiger partial charge in [0.2, 0.25) is 0 Å². The molecule has 4 saturated carbocycles. The SMILES string of the molecule is CN(CC(=O)[C@H]1CC[C@H]2[C@@H]3CC[C@@H]4C[C@](C)(O)CC[C@@H]4[C@H]3CC[C@]12C)c1ccc(F)cc1. The van der Waals surface area contributed by atoms with Crippen molar-refractivity contribution in [3.05, 3.63) is 30.1 Å². The topological polar surface area (TPSA) is 40.5 Å². The average molecular weight is 442 g/mol. The molecule has 0 bridgehead atoms. The fourth-order valence-corrected chi connectivity index (χ4v) is 8.74. The number of carbonyl (C=O) groups is 1. The van der Waals surface area contributed by atoms with Crippen LogP contribution in [0.1, 0.15) is 71.6 Å². The zero-order valence-electron chi connectivity index (χ0n) is 20.0. The summed E-state index contributed by atoms with van der Waals surface area (Å²) < 4.78 is 13.3. The van der Waals surface area contributed by atoms with Crippen LogP contribution < -0.4 is 4.90 Å². The van der Waals surface area contributed by atoms with E-state index in [0.717, 1.165) is 42.7 Å². The summed E-state index contributed by atoms with van der Waals surface area (Å²) in [5.74, 6) is 4.01. The summed E-state index contributed by atoms with van der Waals surface area (Å²) in [6.07, 6.45) is 10.3. The van der Waals surface area contributed by atoms with Crippen molar-refractivity contribution in [3.8, 4) is 0 Å². The molecule has 0 heterocycles. The van der Waals surface area contributed by atoms with E-state index in [1.165, 1.54) is 50.7 Å². The minimum atomic E-state index is -0.460. The summed E-state index contributed by atoms with van der Waals surface area (Å²) in [6, 6.07) is 6.44. The Balaban J connectivity index is 1.27. The van der Waals surface area contributed by atoms with Crippen LogP contribution in [0.5, 0.6) is 0 Å². The van der Waals surface area contributed by atoms with E-state index in [1.54, 1.807) is 12.1 Å². The molecule has 0 aliphatic heterocycles. The maximum Gasteiger partial charge on any atom is 0.155 e. The number of aliphatic hydroxyl groups is 1. The molecule has 1 aromatic rings. The first kappa shape index (κ1) is 22.4. The highest BCUT2D eigenvalue weighted by atomic mass is 19.1. The smallest absolute Gasteiger partial charge is 0.155 e. The molecule has 0 spiro atoms. The lowest BCUT2D eigenvalue weighted by atomic mass is 9.49. The van der Waals surface area contributed by atoms with E-state index in [4.69, 9.17) is 0 Å². The molecule has 0 saturated heterocycles. The highest BCUT2D eigenvalue weighted by Gasteiger charge is 2.58. The number of anilines is 1. The van der Waals surface area contributed by atoms with Crippen LogP contribution in [0.25, 0.3) is 0 Å². The number of fused-ring (bicyclic) bond motifs is 5. The van der Waals surface area contributed by atoms with Gasteiger partial charge in [-0.25, -0.2) is 4.39 Å². The van der Waals surface area contributed by atoms with E-state index in [-0.39, 0.29) is 17.2 Å².